The van der Waals surface area contributed by atoms with Gasteiger partial charge < -0.3 is 4.98 Å². The van der Waals surface area contributed by atoms with E-state index in [1.54, 1.807) is 6.07 Å². The molecule has 3 aromatic rings. The number of rotatable bonds is 2. The number of nitrogens with one attached hydrogen (secondary N) is 2. The molecule has 2 N–H and O–H groups in total. The van der Waals surface area contributed by atoms with E-state index in [0.29, 0.717) is 5.52 Å². The zero-order chi connectivity index (χ0) is 14.8. The van der Waals surface area contributed by atoms with Crippen molar-refractivity contribution in [3.8, 4) is 0 Å². The number of H-pyrrole nitrogens is 1. The summed E-state index contributed by atoms with van der Waals surface area (Å²) in [4.78, 5) is 34.7. The highest BCUT2D eigenvalue weighted by Gasteiger charge is 2.14. The summed E-state index contributed by atoms with van der Waals surface area (Å²) in [6.45, 7) is 0. The van der Waals surface area contributed by atoms with Gasteiger partial charge >= 0.3 is 0 Å². The first-order valence-corrected chi connectivity index (χ1v) is 6.04. The molecule has 0 aliphatic rings. The second-order valence-corrected chi connectivity index (χ2v) is 4.25. The van der Waals surface area contributed by atoms with Gasteiger partial charge in [-0.3, -0.25) is 14.9 Å². The highest BCUT2D eigenvalue weighted by molar-refractivity contribution is 6.04. The van der Waals surface area contributed by atoms with E-state index < -0.39 is 17.2 Å². The Hall–Kier alpha value is -3.09. The van der Waals surface area contributed by atoms with Gasteiger partial charge in [-0.25, -0.2) is 14.4 Å². The molecule has 0 spiro atoms. The lowest BCUT2D eigenvalue weighted by molar-refractivity contribution is 0.102. The number of aromatic amines is 1. The van der Waals surface area contributed by atoms with Gasteiger partial charge in [0.15, 0.2) is 0 Å². The molecule has 0 unspecified atom stereocenters. The van der Waals surface area contributed by atoms with Crippen molar-refractivity contribution in [2.24, 2.45) is 0 Å². The minimum Gasteiger partial charge on any atom is -0.360 e. The van der Waals surface area contributed by atoms with E-state index in [-0.39, 0.29) is 16.9 Å². The van der Waals surface area contributed by atoms with E-state index in [9.17, 15) is 14.0 Å². The first kappa shape index (κ1) is 12.9. The number of halogens is 1. The molecule has 0 saturated carbocycles. The second-order valence-electron chi connectivity index (χ2n) is 4.25. The van der Waals surface area contributed by atoms with E-state index in [1.165, 1.54) is 30.7 Å². The maximum atomic E-state index is 13.2. The average Bonchev–Trinajstić information content (AvgIpc) is 2.49. The number of carbonyl (C=O) groups is 1. The molecule has 2 heterocycles. The highest BCUT2D eigenvalue weighted by Crippen LogP contribution is 2.10. The molecule has 1 amide bonds. The summed E-state index contributed by atoms with van der Waals surface area (Å²) >= 11 is 0. The standard InChI is InChI=1S/C14H9FN4O2/c15-8-2-3-11-9(6-8)12(20)10(7-18-11)13(21)19-14-16-4-1-5-17-14/h1-7H,(H,18,20)(H,16,17,19,21). The van der Waals surface area contributed by atoms with Crippen molar-refractivity contribution in [2.75, 3.05) is 5.32 Å². The summed E-state index contributed by atoms with van der Waals surface area (Å²) in [6, 6.07) is 5.36. The largest absolute Gasteiger partial charge is 0.360 e. The van der Waals surface area contributed by atoms with Crippen LogP contribution in [0.5, 0.6) is 0 Å². The van der Waals surface area contributed by atoms with Gasteiger partial charge in [-0.2, -0.15) is 0 Å². The van der Waals surface area contributed by atoms with Crippen LogP contribution in [0.3, 0.4) is 0 Å². The Morgan fingerprint density at radius 3 is 2.76 bits per heavy atom. The Morgan fingerprint density at radius 1 is 1.24 bits per heavy atom. The van der Waals surface area contributed by atoms with Crippen molar-refractivity contribution in [3.63, 3.8) is 0 Å². The molecule has 0 fully saturated rings. The number of aromatic nitrogens is 3. The van der Waals surface area contributed by atoms with Crippen molar-refractivity contribution < 1.29 is 9.18 Å². The molecule has 0 bridgehead atoms. The van der Waals surface area contributed by atoms with Crippen LogP contribution in [0.4, 0.5) is 10.3 Å². The van der Waals surface area contributed by atoms with Crippen molar-refractivity contribution in [1.29, 1.82) is 0 Å². The van der Waals surface area contributed by atoms with E-state index in [2.05, 4.69) is 20.3 Å². The molecule has 6 nitrogen and oxygen atoms in total. The molecular weight excluding hydrogens is 275 g/mol. The lowest BCUT2D eigenvalue weighted by Crippen LogP contribution is -2.22. The summed E-state index contributed by atoms with van der Waals surface area (Å²) in [7, 11) is 0. The fourth-order valence-electron chi connectivity index (χ4n) is 1.89. The molecule has 0 radical (unpaired) electrons. The monoisotopic (exact) mass is 284 g/mol. The van der Waals surface area contributed by atoms with Crippen LogP contribution >= 0.6 is 0 Å². The number of nitrogens with zero attached hydrogens (tertiary/aromatic N) is 2. The van der Waals surface area contributed by atoms with Gasteiger partial charge in [0.2, 0.25) is 11.4 Å². The normalized spacial score (nSPS) is 10.5. The van der Waals surface area contributed by atoms with Gasteiger partial charge in [-0.1, -0.05) is 0 Å². The number of anilines is 1. The first-order valence-electron chi connectivity index (χ1n) is 6.04. The van der Waals surface area contributed by atoms with Crippen molar-refractivity contribution >= 4 is 22.8 Å². The zero-order valence-electron chi connectivity index (χ0n) is 10.6. The Morgan fingerprint density at radius 2 is 2.00 bits per heavy atom. The fraction of sp³-hybridized carbons (Fsp3) is 0. The molecule has 21 heavy (non-hydrogen) atoms. The van der Waals surface area contributed by atoms with Gasteiger partial charge in [0.1, 0.15) is 11.4 Å². The third kappa shape index (κ3) is 2.48. The summed E-state index contributed by atoms with van der Waals surface area (Å²) in [5.74, 6) is -1.12. The van der Waals surface area contributed by atoms with Crippen LogP contribution in [-0.4, -0.2) is 20.9 Å². The van der Waals surface area contributed by atoms with E-state index >= 15 is 0 Å². The maximum absolute atomic E-state index is 13.2. The summed E-state index contributed by atoms with van der Waals surface area (Å²) in [6.07, 6.45) is 4.20. The third-order valence-corrected chi connectivity index (χ3v) is 2.88. The van der Waals surface area contributed by atoms with Crippen LogP contribution in [0.15, 0.2) is 47.7 Å². The topological polar surface area (TPSA) is 87.7 Å². The van der Waals surface area contributed by atoms with E-state index in [4.69, 9.17) is 0 Å². The lowest BCUT2D eigenvalue weighted by Gasteiger charge is -2.04. The number of hydrogen-bond donors (Lipinski definition) is 2. The number of carbonyl (C=O) groups excluding carboxylic acids is 1. The van der Waals surface area contributed by atoms with Crippen molar-refractivity contribution in [1.82, 2.24) is 15.0 Å². The van der Waals surface area contributed by atoms with Crippen LogP contribution < -0.4 is 10.7 Å². The van der Waals surface area contributed by atoms with Crippen molar-refractivity contribution in [2.45, 2.75) is 0 Å². The van der Waals surface area contributed by atoms with Crippen LogP contribution in [0, 0.1) is 5.82 Å². The average molecular weight is 284 g/mol. The summed E-state index contributed by atoms with van der Waals surface area (Å²) < 4.78 is 13.2. The minimum atomic E-state index is -0.659. The molecule has 3 rings (SSSR count). The number of hydrogen-bond acceptors (Lipinski definition) is 4. The predicted octanol–water partition coefficient (Wildman–Crippen LogP) is 1.71. The number of pyridine rings is 1. The van der Waals surface area contributed by atoms with Gasteiger partial charge in [-0.05, 0) is 24.3 Å². The Labute approximate surface area is 117 Å². The Kier molecular flexibility index (Phi) is 3.15. The summed E-state index contributed by atoms with van der Waals surface area (Å²) in [5.41, 5.74) is -0.244. The zero-order valence-corrected chi connectivity index (χ0v) is 10.6. The number of benzene rings is 1. The maximum Gasteiger partial charge on any atom is 0.263 e. The number of amides is 1. The molecule has 0 aliphatic carbocycles. The molecule has 0 atom stereocenters. The lowest BCUT2D eigenvalue weighted by atomic mass is 10.1. The molecule has 7 heteroatoms. The predicted molar refractivity (Wildman–Crippen MR) is 74.5 cm³/mol. The SMILES string of the molecule is O=C(Nc1ncccn1)c1c[nH]c2ccc(F)cc2c1=O. The smallest absolute Gasteiger partial charge is 0.263 e. The van der Waals surface area contributed by atoms with Crippen LogP contribution in [0.2, 0.25) is 0 Å². The van der Waals surface area contributed by atoms with Gasteiger partial charge in [-0.15, -0.1) is 0 Å². The van der Waals surface area contributed by atoms with E-state index in [1.807, 2.05) is 0 Å². The molecule has 1 aromatic carbocycles. The minimum absolute atomic E-state index is 0.0845. The van der Waals surface area contributed by atoms with Gasteiger partial charge in [0, 0.05) is 29.5 Å². The van der Waals surface area contributed by atoms with Crippen LogP contribution in [0.25, 0.3) is 10.9 Å². The fourth-order valence-corrected chi connectivity index (χ4v) is 1.89. The molecule has 104 valence electrons. The third-order valence-electron chi connectivity index (χ3n) is 2.88. The van der Waals surface area contributed by atoms with Crippen LogP contribution in [-0.2, 0) is 0 Å². The summed E-state index contributed by atoms with van der Waals surface area (Å²) in [5, 5.41) is 2.51. The van der Waals surface area contributed by atoms with Crippen molar-refractivity contribution in [3.05, 3.63) is 64.5 Å². The molecule has 0 saturated heterocycles. The second kappa shape index (κ2) is 5.12. The molecule has 0 aliphatic heterocycles. The molecule has 2 aromatic heterocycles. The Balaban J connectivity index is 2.02. The Bertz CT molecular complexity index is 877. The quantitative estimate of drug-likeness (QED) is 0.750. The van der Waals surface area contributed by atoms with Gasteiger partial charge in [0.25, 0.3) is 5.91 Å². The highest BCUT2D eigenvalue weighted by atomic mass is 19.1. The number of fused-ring (bicyclic) bond motifs is 1. The van der Waals surface area contributed by atoms with Gasteiger partial charge in [0.05, 0.1) is 0 Å². The van der Waals surface area contributed by atoms with Crippen LogP contribution in [0.1, 0.15) is 10.4 Å². The molecular formula is C14H9FN4O2. The van der Waals surface area contributed by atoms with E-state index in [0.717, 1.165) is 6.07 Å². The first-order chi connectivity index (χ1) is 10.1.